The van der Waals surface area contributed by atoms with Gasteiger partial charge in [0.2, 0.25) is 0 Å². The van der Waals surface area contributed by atoms with Gasteiger partial charge in [0.05, 0.1) is 32.1 Å². The molecule has 0 radical (unpaired) electrons. The smallest absolute Gasteiger partial charge is 0.165 e. The lowest BCUT2D eigenvalue weighted by Gasteiger charge is -2.33. The average molecular weight is 333 g/mol. The van der Waals surface area contributed by atoms with Gasteiger partial charge in [-0.05, 0) is 37.6 Å². The summed E-state index contributed by atoms with van der Waals surface area (Å²) < 4.78 is 26.7. The molecule has 1 atom stereocenters. The first-order chi connectivity index (χ1) is 11.5. The highest BCUT2D eigenvalue weighted by Gasteiger charge is 2.22. The van der Waals surface area contributed by atoms with E-state index in [1.807, 2.05) is 17.7 Å². The highest BCUT2D eigenvalue weighted by atomic mass is 19.1. The van der Waals surface area contributed by atoms with Gasteiger partial charge in [-0.3, -0.25) is 9.58 Å². The average Bonchev–Trinajstić information content (AvgIpc) is 2.85. The van der Waals surface area contributed by atoms with Crippen LogP contribution in [0.4, 0.5) is 4.39 Å². The van der Waals surface area contributed by atoms with Crippen LogP contribution in [0.3, 0.4) is 0 Å². The predicted octanol–water partition coefficient (Wildman–Crippen LogP) is 2.55. The van der Waals surface area contributed by atoms with Crippen molar-refractivity contribution in [1.29, 1.82) is 0 Å². The molecule has 2 heterocycles. The number of methoxy groups -OCH3 is 1. The van der Waals surface area contributed by atoms with Crippen molar-refractivity contribution in [3.63, 3.8) is 0 Å². The van der Waals surface area contributed by atoms with Gasteiger partial charge in [-0.25, -0.2) is 4.39 Å². The van der Waals surface area contributed by atoms with Crippen LogP contribution in [0.15, 0.2) is 24.3 Å². The molecule has 1 aromatic carbocycles. The molecule has 0 bridgehead atoms. The SMILES string of the molecule is COc1ccc(CN2CCO[C@H](Cn3nc(C)cc3C)C2)cc1F. The van der Waals surface area contributed by atoms with Gasteiger partial charge in [0.25, 0.3) is 0 Å². The topological polar surface area (TPSA) is 39.5 Å². The van der Waals surface area contributed by atoms with Gasteiger partial charge in [-0.1, -0.05) is 6.07 Å². The van der Waals surface area contributed by atoms with E-state index < -0.39 is 0 Å². The molecule has 1 aromatic heterocycles. The second-order valence-corrected chi connectivity index (χ2v) is 6.31. The summed E-state index contributed by atoms with van der Waals surface area (Å²) in [4.78, 5) is 2.29. The van der Waals surface area contributed by atoms with Crippen molar-refractivity contribution >= 4 is 0 Å². The van der Waals surface area contributed by atoms with E-state index in [9.17, 15) is 4.39 Å². The van der Waals surface area contributed by atoms with Crippen LogP contribution >= 0.6 is 0 Å². The number of nitrogens with zero attached hydrogens (tertiary/aromatic N) is 3. The summed E-state index contributed by atoms with van der Waals surface area (Å²) in [6.45, 7) is 7.84. The maximum atomic E-state index is 13.8. The zero-order valence-corrected chi connectivity index (χ0v) is 14.5. The van der Waals surface area contributed by atoms with Crippen LogP contribution in [0.2, 0.25) is 0 Å². The molecule has 1 aliphatic rings. The third-order valence-corrected chi connectivity index (χ3v) is 4.33. The Balaban J connectivity index is 1.61. The van der Waals surface area contributed by atoms with E-state index in [1.165, 1.54) is 7.11 Å². The van der Waals surface area contributed by atoms with E-state index >= 15 is 0 Å². The van der Waals surface area contributed by atoms with Crippen molar-refractivity contribution in [2.24, 2.45) is 0 Å². The third kappa shape index (κ3) is 3.94. The second kappa shape index (κ2) is 7.32. The van der Waals surface area contributed by atoms with Crippen LogP contribution in [0.25, 0.3) is 0 Å². The molecule has 130 valence electrons. The van der Waals surface area contributed by atoms with E-state index in [2.05, 4.69) is 23.0 Å². The molecule has 0 spiro atoms. The zero-order valence-electron chi connectivity index (χ0n) is 14.5. The molecule has 0 aliphatic carbocycles. The molecule has 1 saturated heterocycles. The molecule has 3 rings (SSSR count). The first kappa shape index (κ1) is 16.9. The van der Waals surface area contributed by atoms with Gasteiger partial charge in [0, 0.05) is 25.3 Å². The van der Waals surface area contributed by atoms with Crippen molar-refractivity contribution in [3.05, 3.63) is 47.0 Å². The summed E-state index contributed by atoms with van der Waals surface area (Å²) >= 11 is 0. The van der Waals surface area contributed by atoms with Crippen LogP contribution in [0, 0.1) is 19.7 Å². The van der Waals surface area contributed by atoms with Crippen molar-refractivity contribution < 1.29 is 13.9 Å². The highest BCUT2D eigenvalue weighted by Crippen LogP contribution is 2.20. The number of hydrogen-bond acceptors (Lipinski definition) is 4. The quantitative estimate of drug-likeness (QED) is 0.843. The Morgan fingerprint density at radius 2 is 2.17 bits per heavy atom. The summed E-state index contributed by atoms with van der Waals surface area (Å²) in [6, 6.07) is 7.21. The maximum absolute atomic E-state index is 13.8. The van der Waals surface area contributed by atoms with Crippen molar-refractivity contribution in [3.8, 4) is 5.75 Å². The van der Waals surface area contributed by atoms with Gasteiger partial charge in [0.15, 0.2) is 11.6 Å². The van der Waals surface area contributed by atoms with Gasteiger partial charge in [0.1, 0.15) is 0 Å². The fraction of sp³-hybridized carbons (Fsp3) is 0.500. The lowest BCUT2D eigenvalue weighted by atomic mass is 10.1. The minimum Gasteiger partial charge on any atom is -0.494 e. The molecule has 0 saturated carbocycles. The Bertz CT molecular complexity index is 702. The summed E-state index contributed by atoms with van der Waals surface area (Å²) in [5.74, 6) is -0.0365. The number of hydrogen-bond donors (Lipinski definition) is 0. The molecule has 0 amide bonds. The second-order valence-electron chi connectivity index (χ2n) is 6.31. The normalized spacial score (nSPS) is 18.8. The number of benzene rings is 1. The van der Waals surface area contributed by atoms with Crippen LogP contribution < -0.4 is 4.74 Å². The monoisotopic (exact) mass is 333 g/mol. The van der Waals surface area contributed by atoms with Gasteiger partial charge in [-0.2, -0.15) is 5.10 Å². The Hall–Kier alpha value is -1.92. The number of halogens is 1. The summed E-state index contributed by atoms with van der Waals surface area (Å²) in [6.07, 6.45) is 0.0971. The largest absolute Gasteiger partial charge is 0.494 e. The number of aromatic nitrogens is 2. The molecule has 0 unspecified atom stereocenters. The van der Waals surface area contributed by atoms with Crippen LogP contribution in [-0.4, -0.2) is 47.6 Å². The van der Waals surface area contributed by atoms with Gasteiger partial charge in [-0.15, -0.1) is 0 Å². The van der Waals surface area contributed by atoms with Gasteiger partial charge >= 0.3 is 0 Å². The van der Waals surface area contributed by atoms with E-state index in [4.69, 9.17) is 9.47 Å². The van der Waals surface area contributed by atoms with Crippen LogP contribution in [0.1, 0.15) is 17.0 Å². The van der Waals surface area contributed by atoms with Crippen LogP contribution in [0.5, 0.6) is 5.75 Å². The van der Waals surface area contributed by atoms with Crippen molar-refractivity contribution in [2.75, 3.05) is 26.8 Å². The molecule has 0 N–H and O–H groups in total. The van der Waals surface area contributed by atoms with Gasteiger partial charge < -0.3 is 9.47 Å². The fourth-order valence-electron chi connectivity index (χ4n) is 3.15. The molecule has 6 heteroatoms. The van der Waals surface area contributed by atoms with E-state index in [-0.39, 0.29) is 17.7 Å². The molecule has 2 aromatic rings. The van der Waals surface area contributed by atoms with E-state index in [0.29, 0.717) is 13.2 Å². The van der Waals surface area contributed by atoms with Crippen molar-refractivity contribution in [1.82, 2.24) is 14.7 Å². The number of ether oxygens (including phenoxy) is 2. The van der Waals surface area contributed by atoms with E-state index in [1.54, 1.807) is 12.1 Å². The molecular weight excluding hydrogens is 309 g/mol. The standard InChI is InChI=1S/C18H24FN3O2/c1-13-8-14(2)22(20-13)12-16-11-21(6-7-24-16)10-15-4-5-18(23-3)17(19)9-15/h4-5,8-9,16H,6-7,10-12H2,1-3H3/t16-/m0/s1. The molecule has 1 aliphatic heterocycles. The third-order valence-electron chi connectivity index (χ3n) is 4.33. The summed E-state index contributed by atoms with van der Waals surface area (Å²) in [5, 5.41) is 4.50. The zero-order chi connectivity index (χ0) is 17.1. The predicted molar refractivity (Wildman–Crippen MR) is 89.7 cm³/mol. The molecule has 1 fully saturated rings. The molecule has 24 heavy (non-hydrogen) atoms. The lowest BCUT2D eigenvalue weighted by Crippen LogP contribution is -2.43. The Labute approximate surface area is 142 Å². The number of morpholine rings is 1. The Morgan fingerprint density at radius 1 is 1.33 bits per heavy atom. The first-order valence-corrected chi connectivity index (χ1v) is 8.22. The number of rotatable bonds is 5. The Kier molecular flexibility index (Phi) is 5.16. The number of aryl methyl sites for hydroxylation is 2. The first-order valence-electron chi connectivity index (χ1n) is 8.22. The molecule has 5 nitrogen and oxygen atoms in total. The minimum absolute atomic E-state index is 0.0971. The summed E-state index contributed by atoms with van der Waals surface area (Å²) in [5.41, 5.74) is 3.11. The van der Waals surface area contributed by atoms with E-state index in [0.717, 1.165) is 36.6 Å². The fourth-order valence-corrected chi connectivity index (χ4v) is 3.15. The molecular formula is C18H24FN3O2. The Morgan fingerprint density at radius 3 is 2.83 bits per heavy atom. The minimum atomic E-state index is -0.317. The lowest BCUT2D eigenvalue weighted by molar-refractivity contribution is -0.0405. The maximum Gasteiger partial charge on any atom is 0.165 e. The summed E-state index contributed by atoms with van der Waals surface area (Å²) in [7, 11) is 1.48. The highest BCUT2D eigenvalue weighted by molar-refractivity contribution is 5.29. The van der Waals surface area contributed by atoms with Crippen LogP contribution in [-0.2, 0) is 17.8 Å². The van der Waals surface area contributed by atoms with Crippen molar-refractivity contribution in [2.45, 2.75) is 33.0 Å².